The number of nitrogens with zero attached hydrogens (tertiary/aromatic N) is 3. The van der Waals surface area contributed by atoms with Crippen molar-refractivity contribution in [2.75, 3.05) is 43.2 Å². The largest absolute Gasteiger partial charge is 0.337 e. The molecular formula is C21H29N5O2S. The zero-order valence-electron chi connectivity index (χ0n) is 16.9. The number of amides is 2. The zero-order valence-corrected chi connectivity index (χ0v) is 17.7. The summed E-state index contributed by atoms with van der Waals surface area (Å²) in [6, 6.07) is 5.65. The van der Waals surface area contributed by atoms with Gasteiger partial charge in [0, 0.05) is 55.9 Å². The SMILES string of the molecule is C=CN=C(C=C)C(=O)N1CCCN(C(=O)c2ccc(NSCCN)c(C)c2)CC1. The van der Waals surface area contributed by atoms with E-state index in [1.54, 1.807) is 21.7 Å². The number of aliphatic imine (C=N–C) groups is 1. The van der Waals surface area contributed by atoms with Gasteiger partial charge in [0.25, 0.3) is 11.8 Å². The van der Waals surface area contributed by atoms with E-state index in [9.17, 15) is 9.59 Å². The van der Waals surface area contributed by atoms with Crippen molar-refractivity contribution in [1.82, 2.24) is 9.80 Å². The van der Waals surface area contributed by atoms with Gasteiger partial charge in [-0.2, -0.15) is 0 Å². The molecule has 1 heterocycles. The molecule has 0 radical (unpaired) electrons. The van der Waals surface area contributed by atoms with E-state index in [4.69, 9.17) is 5.73 Å². The van der Waals surface area contributed by atoms with Crippen molar-refractivity contribution < 1.29 is 9.59 Å². The lowest BCUT2D eigenvalue weighted by molar-refractivity contribution is -0.123. The van der Waals surface area contributed by atoms with Gasteiger partial charge >= 0.3 is 0 Å². The van der Waals surface area contributed by atoms with E-state index in [0.717, 1.165) is 17.0 Å². The van der Waals surface area contributed by atoms with Gasteiger partial charge in [0.2, 0.25) is 0 Å². The van der Waals surface area contributed by atoms with Gasteiger partial charge in [-0.1, -0.05) is 25.1 Å². The van der Waals surface area contributed by atoms with Crippen LogP contribution in [-0.2, 0) is 4.79 Å². The molecule has 1 aromatic rings. The van der Waals surface area contributed by atoms with Crippen LogP contribution in [0.1, 0.15) is 22.3 Å². The molecule has 0 saturated carbocycles. The molecule has 0 atom stereocenters. The standard InChI is InChI=1S/C21H29N5O2S/c1-4-18(23-5-2)21(28)26-11-6-10-25(12-13-26)20(27)17-7-8-19(16(3)15-17)24-29-14-9-22/h4-5,7-8,15,24H,1-2,6,9-14,22H2,3H3. The molecule has 3 N–H and O–H groups in total. The van der Waals surface area contributed by atoms with Crippen molar-refractivity contribution in [3.63, 3.8) is 0 Å². The summed E-state index contributed by atoms with van der Waals surface area (Å²) in [5.74, 6) is 0.608. The maximum atomic E-state index is 13.0. The van der Waals surface area contributed by atoms with Crippen LogP contribution in [-0.4, -0.2) is 65.8 Å². The van der Waals surface area contributed by atoms with Crippen molar-refractivity contribution in [2.24, 2.45) is 10.7 Å². The van der Waals surface area contributed by atoms with Gasteiger partial charge < -0.3 is 20.3 Å². The molecule has 1 aromatic carbocycles. The molecule has 29 heavy (non-hydrogen) atoms. The first-order valence-electron chi connectivity index (χ1n) is 9.60. The Morgan fingerprint density at radius 3 is 2.62 bits per heavy atom. The Morgan fingerprint density at radius 1 is 1.24 bits per heavy atom. The van der Waals surface area contributed by atoms with Crippen LogP contribution in [0.3, 0.4) is 0 Å². The highest BCUT2D eigenvalue weighted by Gasteiger charge is 2.24. The van der Waals surface area contributed by atoms with Gasteiger partial charge in [-0.3, -0.25) is 14.6 Å². The van der Waals surface area contributed by atoms with E-state index >= 15 is 0 Å². The maximum Gasteiger partial charge on any atom is 0.272 e. The third-order valence-corrected chi connectivity index (χ3v) is 5.39. The summed E-state index contributed by atoms with van der Waals surface area (Å²) >= 11 is 1.55. The van der Waals surface area contributed by atoms with E-state index in [2.05, 4.69) is 22.9 Å². The molecule has 0 aromatic heterocycles. The summed E-state index contributed by atoms with van der Waals surface area (Å²) < 4.78 is 3.26. The molecule has 0 bridgehead atoms. The molecule has 1 saturated heterocycles. The van der Waals surface area contributed by atoms with E-state index < -0.39 is 0 Å². The van der Waals surface area contributed by atoms with Crippen LogP contribution in [0, 0.1) is 6.92 Å². The Hall–Kier alpha value is -2.58. The zero-order chi connectivity index (χ0) is 21.2. The Kier molecular flexibility index (Phi) is 8.95. The molecule has 1 aliphatic rings. The number of nitrogens with one attached hydrogen (secondary N) is 1. The third kappa shape index (κ3) is 6.20. The minimum atomic E-state index is -0.185. The Balaban J connectivity index is 2.03. The van der Waals surface area contributed by atoms with Crippen LogP contribution in [0.2, 0.25) is 0 Å². The predicted molar refractivity (Wildman–Crippen MR) is 121 cm³/mol. The molecule has 0 spiro atoms. The number of anilines is 1. The summed E-state index contributed by atoms with van der Waals surface area (Å²) in [7, 11) is 0. The first-order chi connectivity index (χ1) is 14.0. The lowest BCUT2D eigenvalue weighted by atomic mass is 10.1. The topological polar surface area (TPSA) is 91.0 Å². The highest BCUT2D eigenvalue weighted by atomic mass is 32.2. The molecule has 2 rings (SSSR count). The summed E-state index contributed by atoms with van der Waals surface area (Å²) in [6.07, 6.45) is 3.48. The summed E-state index contributed by atoms with van der Waals surface area (Å²) in [5.41, 5.74) is 8.41. The van der Waals surface area contributed by atoms with Gasteiger partial charge in [-0.15, -0.1) is 0 Å². The molecule has 156 valence electrons. The summed E-state index contributed by atoms with van der Waals surface area (Å²) in [6.45, 7) is 11.9. The number of hydrogen-bond acceptors (Lipinski definition) is 6. The highest BCUT2D eigenvalue weighted by molar-refractivity contribution is 8.00. The fourth-order valence-corrected chi connectivity index (χ4v) is 3.67. The first kappa shape index (κ1) is 22.7. The lowest BCUT2D eigenvalue weighted by Gasteiger charge is -2.22. The van der Waals surface area contributed by atoms with Crippen molar-refractivity contribution in [1.29, 1.82) is 0 Å². The lowest BCUT2D eigenvalue weighted by Crippen LogP contribution is -2.39. The average Bonchev–Trinajstić information content (AvgIpc) is 2.98. The summed E-state index contributed by atoms with van der Waals surface area (Å²) in [4.78, 5) is 33.0. The number of rotatable bonds is 8. The van der Waals surface area contributed by atoms with Crippen LogP contribution in [0.5, 0.6) is 0 Å². The van der Waals surface area contributed by atoms with Crippen molar-refractivity contribution in [3.8, 4) is 0 Å². The maximum absolute atomic E-state index is 13.0. The molecule has 7 nitrogen and oxygen atoms in total. The fraction of sp³-hybridized carbons (Fsp3) is 0.381. The molecular weight excluding hydrogens is 386 g/mol. The van der Waals surface area contributed by atoms with Gasteiger partial charge in [0.15, 0.2) is 0 Å². The second kappa shape index (κ2) is 11.4. The minimum absolute atomic E-state index is 0.0211. The molecule has 8 heteroatoms. The first-order valence-corrected chi connectivity index (χ1v) is 10.6. The van der Waals surface area contributed by atoms with Gasteiger partial charge in [-0.25, -0.2) is 0 Å². The molecule has 1 aliphatic heterocycles. The van der Waals surface area contributed by atoms with Gasteiger partial charge in [-0.05, 0) is 43.2 Å². The molecule has 2 amide bonds. The van der Waals surface area contributed by atoms with E-state index in [0.29, 0.717) is 44.7 Å². The van der Waals surface area contributed by atoms with Gasteiger partial charge in [0.1, 0.15) is 5.71 Å². The van der Waals surface area contributed by atoms with Crippen LogP contribution < -0.4 is 10.5 Å². The van der Waals surface area contributed by atoms with Crippen LogP contribution >= 0.6 is 11.9 Å². The Bertz CT molecular complexity index is 793. The normalized spacial score (nSPS) is 14.9. The second-order valence-electron chi connectivity index (χ2n) is 6.61. The number of carbonyl (C=O) groups is 2. The number of aryl methyl sites for hydroxylation is 1. The average molecular weight is 416 g/mol. The fourth-order valence-electron chi connectivity index (χ4n) is 3.06. The third-order valence-electron chi connectivity index (χ3n) is 4.59. The van der Waals surface area contributed by atoms with Crippen molar-refractivity contribution in [2.45, 2.75) is 13.3 Å². The monoisotopic (exact) mass is 415 g/mol. The summed E-state index contributed by atoms with van der Waals surface area (Å²) in [5, 5.41) is 0. The van der Waals surface area contributed by atoms with E-state index in [-0.39, 0.29) is 17.5 Å². The highest BCUT2D eigenvalue weighted by Crippen LogP contribution is 2.21. The van der Waals surface area contributed by atoms with Crippen LogP contribution in [0.4, 0.5) is 5.69 Å². The number of nitrogens with two attached hydrogens (primary N) is 1. The van der Waals surface area contributed by atoms with E-state index in [1.165, 1.54) is 12.3 Å². The Morgan fingerprint density at radius 2 is 1.97 bits per heavy atom. The number of hydrogen-bond donors (Lipinski definition) is 2. The van der Waals surface area contributed by atoms with Crippen molar-refractivity contribution >= 4 is 35.2 Å². The minimum Gasteiger partial charge on any atom is -0.337 e. The van der Waals surface area contributed by atoms with Crippen molar-refractivity contribution in [3.05, 3.63) is 54.8 Å². The van der Waals surface area contributed by atoms with Gasteiger partial charge in [0.05, 0.1) is 0 Å². The van der Waals surface area contributed by atoms with Crippen LogP contribution in [0.25, 0.3) is 0 Å². The number of benzene rings is 1. The predicted octanol–water partition coefficient (Wildman–Crippen LogP) is 2.46. The van der Waals surface area contributed by atoms with Crippen LogP contribution in [0.15, 0.2) is 48.6 Å². The Labute approximate surface area is 176 Å². The quantitative estimate of drug-likeness (QED) is 0.387. The molecule has 0 unspecified atom stereocenters. The van der Waals surface area contributed by atoms with E-state index in [1.807, 2.05) is 25.1 Å². The second-order valence-corrected chi connectivity index (χ2v) is 7.51. The molecule has 1 fully saturated rings. The smallest absolute Gasteiger partial charge is 0.272 e. The number of carbonyl (C=O) groups excluding carboxylic acids is 2. The molecule has 0 aliphatic carbocycles.